The Morgan fingerprint density at radius 3 is 2.03 bits per heavy atom. The molecule has 1 atom stereocenters. The fourth-order valence-corrected chi connectivity index (χ4v) is 3.23. The van der Waals surface area contributed by atoms with Gasteiger partial charge < -0.3 is 19.5 Å². The lowest BCUT2D eigenvalue weighted by Gasteiger charge is -2.21. The first-order valence-corrected chi connectivity index (χ1v) is 9.49. The van der Waals surface area contributed by atoms with Crippen molar-refractivity contribution in [2.45, 2.75) is 25.3 Å². The molecule has 0 bridgehead atoms. The maximum atomic E-state index is 12.8. The number of hydrogen-bond acceptors (Lipinski definition) is 5. The van der Waals surface area contributed by atoms with E-state index in [0.717, 1.165) is 17.1 Å². The SMILES string of the molecule is COc1ccc(CC[C@]2(C)NC(=O)N(CCOc3ccc(OC)cc3)C2=O)cc1. The smallest absolute Gasteiger partial charge is 0.325 e. The molecule has 2 aromatic rings. The fourth-order valence-electron chi connectivity index (χ4n) is 3.23. The number of imide groups is 1. The average molecular weight is 398 g/mol. The van der Waals surface area contributed by atoms with Crippen LogP contribution < -0.4 is 19.5 Å². The van der Waals surface area contributed by atoms with Gasteiger partial charge in [0.1, 0.15) is 29.4 Å². The summed E-state index contributed by atoms with van der Waals surface area (Å²) in [6.07, 6.45) is 1.18. The summed E-state index contributed by atoms with van der Waals surface area (Å²) in [5.74, 6) is 1.95. The molecule has 1 aliphatic heterocycles. The van der Waals surface area contributed by atoms with E-state index in [1.54, 1.807) is 45.4 Å². The van der Waals surface area contributed by atoms with Crippen molar-refractivity contribution in [1.82, 2.24) is 10.2 Å². The van der Waals surface area contributed by atoms with E-state index in [-0.39, 0.29) is 25.1 Å². The third kappa shape index (κ3) is 4.80. The summed E-state index contributed by atoms with van der Waals surface area (Å²) in [4.78, 5) is 26.4. The van der Waals surface area contributed by atoms with E-state index in [2.05, 4.69) is 5.32 Å². The molecule has 3 amide bonds. The van der Waals surface area contributed by atoms with Gasteiger partial charge in [0.05, 0.1) is 20.8 Å². The van der Waals surface area contributed by atoms with Crippen molar-refractivity contribution in [2.24, 2.45) is 0 Å². The minimum Gasteiger partial charge on any atom is -0.497 e. The van der Waals surface area contributed by atoms with Gasteiger partial charge in [0.15, 0.2) is 0 Å². The van der Waals surface area contributed by atoms with Crippen molar-refractivity contribution in [3.8, 4) is 17.2 Å². The Morgan fingerprint density at radius 2 is 1.45 bits per heavy atom. The monoisotopic (exact) mass is 398 g/mol. The lowest BCUT2D eigenvalue weighted by atomic mass is 9.93. The molecule has 0 unspecified atom stereocenters. The van der Waals surface area contributed by atoms with E-state index < -0.39 is 5.54 Å². The van der Waals surface area contributed by atoms with Crippen LogP contribution in [0.4, 0.5) is 4.79 Å². The zero-order valence-corrected chi connectivity index (χ0v) is 16.9. The van der Waals surface area contributed by atoms with Crippen molar-refractivity contribution in [2.75, 3.05) is 27.4 Å². The van der Waals surface area contributed by atoms with Crippen LogP contribution in [-0.2, 0) is 11.2 Å². The lowest BCUT2D eigenvalue weighted by molar-refractivity contribution is -0.131. The first-order chi connectivity index (χ1) is 13.9. The van der Waals surface area contributed by atoms with E-state index in [0.29, 0.717) is 18.6 Å². The Kier molecular flexibility index (Phi) is 6.26. The van der Waals surface area contributed by atoms with Crippen molar-refractivity contribution in [3.63, 3.8) is 0 Å². The van der Waals surface area contributed by atoms with Crippen LogP contribution >= 0.6 is 0 Å². The third-order valence-corrected chi connectivity index (χ3v) is 5.06. The van der Waals surface area contributed by atoms with Crippen molar-refractivity contribution >= 4 is 11.9 Å². The first-order valence-electron chi connectivity index (χ1n) is 9.49. The molecule has 1 saturated heterocycles. The number of ether oxygens (including phenoxy) is 3. The number of hydrogen-bond donors (Lipinski definition) is 1. The van der Waals surface area contributed by atoms with Crippen molar-refractivity contribution in [1.29, 1.82) is 0 Å². The molecule has 0 saturated carbocycles. The van der Waals surface area contributed by atoms with E-state index in [1.807, 2.05) is 24.3 Å². The van der Waals surface area contributed by atoms with Gasteiger partial charge in [-0.05, 0) is 61.7 Å². The molecule has 1 N–H and O–H groups in total. The Balaban J connectivity index is 1.53. The number of carbonyl (C=O) groups is 2. The molecule has 0 radical (unpaired) electrons. The minimum atomic E-state index is -0.920. The first kappa shape index (κ1) is 20.5. The molecule has 1 aliphatic rings. The highest BCUT2D eigenvalue weighted by atomic mass is 16.5. The normalized spacial score (nSPS) is 18.5. The molecule has 0 spiro atoms. The molecule has 154 valence electrons. The van der Waals surface area contributed by atoms with Gasteiger partial charge >= 0.3 is 6.03 Å². The Morgan fingerprint density at radius 1 is 0.897 bits per heavy atom. The highest BCUT2D eigenvalue weighted by Gasteiger charge is 2.47. The number of benzene rings is 2. The van der Waals surface area contributed by atoms with Crippen molar-refractivity contribution < 1.29 is 23.8 Å². The summed E-state index contributed by atoms with van der Waals surface area (Å²) < 4.78 is 15.9. The van der Waals surface area contributed by atoms with Gasteiger partial charge in [0, 0.05) is 0 Å². The molecule has 1 heterocycles. The van der Waals surface area contributed by atoms with Crippen LogP contribution in [0.3, 0.4) is 0 Å². The van der Waals surface area contributed by atoms with Crippen LogP contribution in [0.5, 0.6) is 17.2 Å². The number of carbonyl (C=O) groups excluding carboxylic acids is 2. The molecule has 0 aromatic heterocycles. The van der Waals surface area contributed by atoms with E-state index in [4.69, 9.17) is 14.2 Å². The van der Waals surface area contributed by atoms with E-state index >= 15 is 0 Å². The fraction of sp³-hybridized carbons (Fsp3) is 0.364. The second kappa shape index (κ2) is 8.86. The second-order valence-electron chi connectivity index (χ2n) is 7.09. The number of aryl methyl sites for hydroxylation is 1. The molecule has 7 heteroatoms. The summed E-state index contributed by atoms with van der Waals surface area (Å²) >= 11 is 0. The maximum absolute atomic E-state index is 12.8. The Bertz CT molecular complexity index is 851. The Labute approximate surface area is 170 Å². The highest BCUT2D eigenvalue weighted by molar-refractivity contribution is 6.06. The molecule has 7 nitrogen and oxygen atoms in total. The number of nitrogens with zero attached hydrogens (tertiary/aromatic N) is 1. The van der Waals surface area contributed by atoms with Crippen molar-refractivity contribution in [3.05, 3.63) is 54.1 Å². The lowest BCUT2D eigenvalue weighted by Crippen LogP contribution is -2.44. The van der Waals surface area contributed by atoms with Crippen LogP contribution in [0.25, 0.3) is 0 Å². The second-order valence-corrected chi connectivity index (χ2v) is 7.09. The topological polar surface area (TPSA) is 77.1 Å². The van der Waals surface area contributed by atoms with Crippen LogP contribution in [0.15, 0.2) is 48.5 Å². The highest BCUT2D eigenvalue weighted by Crippen LogP contribution is 2.24. The zero-order valence-electron chi connectivity index (χ0n) is 16.9. The van der Waals surface area contributed by atoms with E-state index in [1.165, 1.54) is 4.90 Å². The van der Waals surface area contributed by atoms with Gasteiger partial charge in [-0.25, -0.2) is 4.79 Å². The molecule has 29 heavy (non-hydrogen) atoms. The van der Waals surface area contributed by atoms with Gasteiger partial charge in [-0.15, -0.1) is 0 Å². The Hall–Kier alpha value is -3.22. The van der Waals surface area contributed by atoms with E-state index in [9.17, 15) is 9.59 Å². The molecule has 2 aromatic carbocycles. The number of amides is 3. The van der Waals surface area contributed by atoms with Crippen LogP contribution in [0, 0.1) is 0 Å². The number of urea groups is 1. The molecule has 0 aliphatic carbocycles. The molecular weight excluding hydrogens is 372 g/mol. The zero-order chi connectivity index (χ0) is 20.9. The molecular formula is C22H26N2O5. The van der Waals surface area contributed by atoms with Crippen LogP contribution in [-0.4, -0.2) is 49.7 Å². The summed E-state index contributed by atoms with van der Waals surface area (Å²) in [6.45, 7) is 2.18. The summed E-state index contributed by atoms with van der Waals surface area (Å²) in [5, 5.41) is 2.83. The number of rotatable bonds is 9. The van der Waals surface area contributed by atoms with Gasteiger partial charge in [-0.1, -0.05) is 12.1 Å². The number of methoxy groups -OCH3 is 2. The quantitative estimate of drug-likeness (QED) is 0.657. The number of nitrogens with one attached hydrogen (secondary N) is 1. The molecule has 1 fully saturated rings. The molecule has 3 rings (SSSR count). The summed E-state index contributed by atoms with van der Waals surface area (Å²) in [6, 6.07) is 14.5. The maximum Gasteiger partial charge on any atom is 0.325 e. The van der Waals surface area contributed by atoms with Crippen LogP contribution in [0.2, 0.25) is 0 Å². The van der Waals surface area contributed by atoms with Gasteiger partial charge in [0.2, 0.25) is 0 Å². The largest absolute Gasteiger partial charge is 0.497 e. The summed E-state index contributed by atoms with van der Waals surface area (Å²) in [7, 11) is 3.22. The predicted molar refractivity (Wildman–Crippen MR) is 108 cm³/mol. The van der Waals surface area contributed by atoms with Gasteiger partial charge in [0.25, 0.3) is 5.91 Å². The minimum absolute atomic E-state index is 0.189. The van der Waals surface area contributed by atoms with Gasteiger partial charge in [-0.2, -0.15) is 0 Å². The third-order valence-electron chi connectivity index (χ3n) is 5.06. The average Bonchev–Trinajstić information content (AvgIpc) is 2.96. The summed E-state index contributed by atoms with van der Waals surface area (Å²) in [5.41, 5.74) is 0.160. The van der Waals surface area contributed by atoms with Crippen LogP contribution in [0.1, 0.15) is 18.9 Å². The predicted octanol–water partition coefficient (Wildman–Crippen LogP) is 3.03. The standard InChI is InChI=1S/C22H26N2O5/c1-22(13-12-16-4-6-17(27-2)7-5-16)20(25)24(21(26)23-22)14-15-29-19-10-8-18(28-3)9-11-19/h4-11H,12-15H2,1-3H3,(H,23,26)/t22-/m0/s1. The van der Waals surface area contributed by atoms with Gasteiger partial charge in [-0.3, -0.25) is 9.69 Å².